The third kappa shape index (κ3) is 4.87. The smallest absolute Gasteiger partial charge is 0.243 e. The van der Waals surface area contributed by atoms with Crippen LogP contribution in [0, 0.1) is 6.92 Å². The van der Waals surface area contributed by atoms with Gasteiger partial charge in [0.1, 0.15) is 39.5 Å². The lowest BCUT2D eigenvalue weighted by molar-refractivity contribution is 0.171. The molecule has 0 amide bonds. The molecule has 3 aromatic heterocycles. The predicted molar refractivity (Wildman–Crippen MR) is 133 cm³/mol. The van der Waals surface area contributed by atoms with Gasteiger partial charge in [0.2, 0.25) is 21.8 Å². The van der Waals surface area contributed by atoms with Crippen LogP contribution in [-0.2, 0) is 10.0 Å². The predicted octanol–water partition coefficient (Wildman–Crippen LogP) is 3.77. The minimum atomic E-state index is -4.23. The van der Waals surface area contributed by atoms with E-state index in [0.29, 0.717) is 28.7 Å². The molecule has 190 valence electrons. The van der Waals surface area contributed by atoms with E-state index in [9.17, 15) is 13.5 Å². The van der Waals surface area contributed by atoms with Crippen LogP contribution in [0.5, 0.6) is 11.5 Å². The van der Waals surface area contributed by atoms with Gasteiger partial charge < -0.3 is 19.0 Å². The van der Waals surface area contributed by atoms with Crippen molar-refractivity contribution >= 4 is 27.6 Å². The first-order valence-electron chi connectivity index (χ1n) is 10.7. The number of anilines is 1. The molecule has 0 bridgehead atoms. The van der Waals surface area contributed by atoms with Crippen LogP contribution < -0.4 is 14.2 Å². The van der Waals surface area contributed by atoms with Gasteiger partial charge in [-0.2, -0.15) is 0 Å². The zero-order valence-electron chi connectivity index (χ0n) is 19.8. The van der Waals surface area contributed by atoms with Gasteiger partial charge in [0, 0.05) is 0 Å². The summed E-state index contributed by atoms with van der Waals surface area (Å²) in [5.41, 5.74) is 0.457. The van der Waals surface area contributed by atoms with Gasteiger partial charge in [-0.1, -0.05) is 23.7 Å². The number of aromatic nitrogens is 4. The SMILES string of the molecule is COc1cccc(OC)c1-n1c(NS(=O)(=O)[C@H](C)[C@H](O)c2cccc(Cl)n2)nnc1-c1ccc(C)o1. The van der Waals surface area contributed by atoms with Crippen molar-refractivity contribution in [3.8, 4) is 28.8 Å². The van der Waals surface area contributed by atoms with Gasteiger partial charge in [-0.05, 0) is 50.2 Å². The average Bonchev–Trinajstić information content (AvgIpc) is 3.47. The van der Waals surface area contributed by atoms with Crippen LogP contribution >= 0.6 is 11.6 Å². The van der Waals surface area contributed by atoms with Crippen molar-refractivity contribution in [1.82, 2.24) is 19.7 Å². The van der Waals surface area contributed by atoms with Crippen LogP contribution in [0.2, 0.25) is 5.15 Å². The highest BCUT2D eigenvalue weighted by Gasteiger charge is 2.33. The number of methoxy groups -OCH3 is 2. The number of aryl methyl sites for hydroxylation is 1. The highest BCUT2D eigenvalue weighted by atomic mass is 35.5. The Kier molecular flexibility index (Phi) is 7.20. The van der Waals surface area contributed by atoms with Crippen LogP contribution in [0.15, 0.2) is 52.9 Å². The van der Waals surface area contributed by atoms with Gasteiger partial charge in [0.05, 0.1) is 19.9 Å². The van der Waals surface area contributed by atoms with E-state index in [4.69, 9.17) is 25.5 Å². The molecule has 4 rings (SSSR count). The quantitative estimate of drug-likeness (QED) is 0.307. The molecule has 2 atom stereocenters. The minimum Gasteiger partial charge on any atom is -0.494 e. The average molecular weight is 534 g/mol. The fourth-order valence-electron chi connectivity index (χ4n) is 3.55. The van der Waals surface area contributed by atoms with E-state index in [0.717, 1.165) is 0 Å². The minimum absolute atomic E-state index is 0.111. The zero-order valence-corrected chi connectivity index (χ0v) is 21.4. The Morgan fingerprint density at radius 3 is 2.31 bits per heavy atom. The number of sulfonamides is 1. The summed E-state index contributed by atoms with van der Waals surface area (Å²) in [7, 11) is -1.28. The molecule has 2 N–H and O–H groups in total. The van der Waals surface area contributed by atoms with Crippen LogP contribution in [0.3, 0.4) is 0 Å². The molecule has 0 saturated heterocycles. The number of ether oxygens (including phenoxy) is 2. The molecular formula is C23H24ClN5O6S. The van der Waals surface area contributed by atoms with Gasteiger partial charge in [-0.15, -0.1) is 10.2 Å². The summed E-state index contributed by atoms with van der Waals surface area (Å²) in [5, 5.41) is 17.8. The van der Waals surface area contributed by atoms with Crippen molar-refractivity contribution in [2.24, 2.45) is 0 Å². The molecule has 1 aromatic carbocycles. The molecule has 13 heteroatoms. The Balaban J connectivity index is 1.82. The van der Waals surface area contributed by atoms with Crippen molar-refractivity contribution < 1.29 is 27.4 Å². The van der Waals surface area contributed by atoms with E-state index >= 15 is 0 Å². The van der Waals surface area contributed by atoms with E-state index in [1.807, 2.05) is 0 Å². The Morgan fingerprint density at radius 1 is 1.06 bits per heavy atom. The first-order chi connectivity index (χ1) is 17.2. The maximum absolute atomic E-state index is 13.3. The maximum Gasteiger partial charge on any atom is 0.243 e. The fraction of sp³-hybridized carbons (Fsp3) is 0.261. The number of aliphatic hydroxyl groups is 1. The molecule has 0 aliphatic rings. The van der Waals surface area contributed by atoms with Gasteiger partial charge in [0.25, 0.3) is 0 Å². The molecule has 0 fully saturated rings. The Labute approximate surface area is 212 Å². The summed E-state index contributed by atoms with van der Waals surface area (Å²) in [6, 6.07) is 13.1. The molecule has 36 heavy (non-hydrogen) atoms. The fourth-order valence-corrected chi connectivity index (χ4v) is 4.77. The number of para-hydroxylation sites is 1. The third-order valence-corrected chi connectivity index (χ3v) is 7.37. The van der Waals surface area contributed by atoms with Crippen molar-refractivity contribution in [3.05, 3.63) is 65.1 Å². The molecule has 0 aliphatic heterocycles. The summed E-state index contributed by atoms with van der Waals surface area (Å²) in [6.07, 6.45) is -1.47. The second-order valence-electron chi connectivity index (χ2n) is 7.79. The summed E-state index contributed by atoms with van der Waals surface area (Å²) in [4.78, 5) is 4.02. The van der Waals surface area contributed by atoms with E-state index in [1.165, 1.54) is 37.8 Å². The first-order valence-corrected chi connectivity index (χ1v) is 12.6. The van der Waals surface area contributed by atoms with Crippen molar-refractivity contribution in [1.29, 1.82) is 0 Å². The normalized spacial score (nSPS) is 13.3. The van der Waals surface area contributed by atoms with Crippen molar-refractivity contribution in [2.75, 3.05) is 18.9 Å². The van der Waals surface area contributed by atoms with Gasteiger partial charge in [-0.3, -0.25) is 9.29 Å². The lowest BCUT2D eigenvalue weighted by Gasteiger charge is -2.21. The maximum atomic E-state index is 13.3. The largest absolute Gasteiger partial charge is 0.494 e. The monoisotopic (exact) mass is 533 g/mol. The molecule has 4 aromatic rings. The first kappa shape index (κ1) is 25.5. The second kappa shape index (κ2) is 10.2. The number of nitrogens with one attached hydrogen (secondary N) is 1. The van der Waals surface area contributed by atoms with Crippen LogP contribution in [-0.4, -0.2) is 52.7 Å². The summed E-state index contributed by atoms with van der Waals surface area (Å²) in [6.45, 7) is 3.11. The number of furan rings is 1. The number of halogens is 1. The van der Waals surface area contributed by atoms with Gasteiger partial charge >= 0.3 is 0 Å². The molecule has 0 spiro atoms. The van der Waals surface area contributed by atoms with Crippen LogP contribution in [0.1, 0.15) is 24.5 Å². The number of pyridine rings is 1. The highest BCUT2D eigenvalue weighted by molar-refractivity contribution is 7.93. The molecule has 3 heterocycles. The van der Waals surface area contributed by atoms with Crippen LogP contribution in [0.25, 0.3) is 17.3 Å². The molecule has 11 nitrogen and oxygen atoms in total. The Bertz CT molecular complexity index is 1460. The number of rotatable bonds is 9. The molecular weight excluding hydrogens is 510 g/mol. The molecule has 0 radical (unpaired) electrons. The van der Waals surface area contributed by atoms with E-state index in [1.54, 1.807) is 43.3 Å². The molecule has 0 saturated carbocycles. The summed E-state index contributed by atoms with van der Waals surface area (Å²) < 4.78 is 47.3. The second-order valence-corrected chi connectivity index (χ2v) is 10.2. The Morgan fingerprint density at radius 2 is 1.72 bits per heavy atom. The number of benzene rings is 1. The number of nitrogens with zero attached hydrogens (tertiary/aromatic N) is 4. The van der Waals surface area contributed by atoms with E-state index in [2.05, 4.69) is 19.9 Å². The van der Waals surface area contributed by atoms with E-state index in [-0.39, 0.29) is 22.6 Å². The Hall–Kier alpha value is -3.61. The molecule has 0 aliphatic carbocycles. The van der Waals surface area contributed by atoms with Crippen molar-refractivity contribution in [3.63, 3.8) is 0 Å². The third-order valence-electron chi connectivity index (χ3n) is 5.46. The standard InChI is InChI=1S/C23H24ClN5O6S/c1-13-11-12-18(35-13)22-26-27-23(29(22)20-16(33-3)8-6-9-17(20)34-4)28-36(31,32)14(2)21(30)15-7-5-10-19(24)25-15/h5-12,14,21,30H,1-4H3,(H,27,28)/t14-,21+/m1/s1. The summed E-state index contributed by atoms with van der Waals surface area (Å²) in [5.74, 6) is 1.74. The lowest BCUT2D eigenvalue weighted by Crippen LogP contribution is -2.32. The lowest BCUT2D eigenvalue weighted by atomic mass is 10.2. The van der Waals surface area contributed by atoms with Crippen LogP contribution in [0.4, 0.5) is 5.95 Å². The summed E-state index contributed by atoms with van der Waals surface area (Å²) >= 11 is 5.90. The highest BCUT2D eigenvalue weighted by Crippen LogP contribution is 2.38. The number of hydrogen-bond acceptors (Lipinski definition) is 9. The number of hydrogen-bond donors (Lipinski definition) is 2. The zero-order chi connectivity index (χ0) is 26.0. The van der Waals surface area contributed by atoms with Gasteiger partial charge in [-0.25, -0.2) is 13.4 Å². The molecule has 0 unspecified atom stereocenters. The van der Waals surface area contributed by atoms with E-state index < -0.39 is 21.4 Å². The topological polar surface area (TPSA) is 142 Å². The number of aliphatic hydroxyl groups excluding tert-OH is 1. The van der Waals surface area contributed by atoms with Gasteiger partial charge in [0.15, 0.2) is 5.76 Å². The van der Waals surface area contributed by atoms with Crippen molar-refractivity contribution in [2.45, 2.75) is 25.2 Å².